The number of amides is 1. The van der Waals surface area contributed by atoms with Crippen LogP contribution in [0.3, 0.4) is 0 Å². The van der Waals surface area contributed by atoms with E-state index in [0.29, 0.717) is 24.8 Å². The molecule has 0 unspecified atom stereocenters. The van der Waals surface area contributed by atoms with Gasteiger partial charge >= 0.3 is 0 Å². The van der Waals surface area contributed by atoms with Crippen molar-refractivity contribution in [1.82, 2.24) is 5.32 Å². The minimum atomic E-state index is -0.0464. The molecular weight excluding hydrogens is 228 g/mol. The van der Waals surface area contributed by atoms with Crippen LogP contribution in [0.4, 0.5) is 5.69 Å². The lowest BCUT2D eigenvalue weighted by atomic mass is 10.1. The fourth-order valence-electron chi connectivity index (χ4n) is 1.63. The number of benzene rings is 1. The number of anilines is 1. The van der Waals surface area contributed by atoms with E-state index in [1.807, 2.05) is 38.1 Å². The largest absolute Gasteiger partial charge is 0.385 e. The Labute approximate surface area is 109 Å². The number of hydrogen-bond acceptors (Lipinski definition) is 3. The number of carbonyl (C=O) groups is 1. The van der Waals surface area contributed by atoms with E-state index < -0.39 is 0 Å². The standard InChI is InChI=1S/C14H22N2O2/c1-11(2)16-13-8-5-4-7-12(13)14(17)15-9-6-10-18-3/h4-5,7-8,11,16H,6,9-10H2,1-3H3,(H,15,17). The molecule has 0 bridgehead atoms. The molecule has 2 N–H and O–H groups in total. The molecule has 0 saturated carbocycles. The van der Waals surface area contributed by atoms with Gasteiger partial charge in [-0.1, -0.05) is 12.1 Å². The first-order valence-corrected chi connectivity index (χ1v) is 6.28. The van der Waals surface area contributed by atoms with Crippen molar-refractivity contribution in [1.29, 1.82) is 0 Å². The number of para-hydroxylation sites is 1. The zero-order valence-electron chi connectivity index (χ0n) is 11.3. The van der Waals surface area contributed by atoms with Gasteiger partial charge in [0, 0.05) is 32.0 Å². The van der Waals surface area contributed by atoms with Gasteiger partial charge in [0.25, 0.3) is 5.91 Å². The highest BCUT2D eigenvalue weighted by Gasteiger charge is 2.10. The van der Waals surface area contributed by atoms with Crippen molar-refractivity contribution in [2.75, 3.05) is 25.6 Å². The van der Waals surface area contributed by atoms with Crippen molar-refractivity contribution < 1.29 is 9.53 Å². The molecule has 4 heteroatoms. The van der Waals surface area contributed by atoms with Gasteiger partial charge in [-0.3, -0.25) is 4.79 Å². The van der Waals surface area contributed by atoms with E-state index in [1.165, 1.54) is 0 Å². The first-order valence-electron chi connectivity index (χ1n) is 6.28. The summed E-state index contributed by atoms with van der Waals surface area (Å²) in [6.45, 7) is 5.38. The molecule has 0 saturated heterocycles. The maximum absolute atomic E-state index is 12.0. The van der Waals surface area contributed by atoms with Crippen LogP contribution in [0.5, 0.6) is 0 Å². The highest BCUT2D eigenvalue weighted by molar-refractivity contribution is 5.99. The number of methoxy groups -OCH3 is 1. The molecule has 0 aliphatic carbocycles. The van der Waals surface area contributed by atoms with Crippen LogP contribution in [0.25, 0.3) is 0 Å². The molecule has 0 aromatic heterocycles. The van der Waals surface area contributed by atoms with Crippen LogP contribution in [0.1, 0.15) is 30.6 Å². The number of carbonyl (C=O) groups excluding carboxylic acids is 1. The Balaban J connectivity index is 2.61. The maximum atomic E-state index is 12.0. The molecule has 0 radical (unpaired) electrons. The Morgan fingerprint density at radius 2 is 2.06 bits per heavy atom. The first-order chi connectivity index (χ1) is 8.65. The lowest BCUT2D eigenvalue weighted by Gasteiger charge is -2.14. The lowest BCUT2D eigenvalue weighted by Crippen LogP contribution is -2.26. The third-order valence-electron chi connectivity index (χ3n) is 2.43. The third kappa shape index (κ3) is 4.75. The van der Waals surface area contributed by atoms with E-state index in [2.05, 4.69) is 10.6 Å². The molecule has 100 valence electrons. The fraction of sp³-hybridized carbons (Fsp3) is 0.500. The minimum Gasteiger partial charge on any atom is -0.385 e. The second-order valence-electron chi connectivity index (χ2n) is 4.45. The second kappa shape index (κ2) is 7.71. The molecule has 4 nitrogen and oxygen atoms in total. The van der Waals surface area contributed by atoms with Gasteiger partial charge in [0.2, 0.25) is 0 Å². The predicted octanol–water partition coefficient (Wildman–Crippen LogP) is 2.27. The van der Waals surface area contributed by atoms with Gasteiger partial charge < -0.3 is 15.4 Å². The van der Waals surface area contributed by atoms with E-state index in [-0.39, 0.29) is 5.91 Å². The zero-order chi connectivity index (χ0) is 13.4. The Morgan fingerprint density at radius 3 is 2.72 bits per heavy atom. The summed E-state index contributed by atoms with van der Waals surface area (Å²) in [5.74, 6) is -0.0464. The smallest absolute Gasteiger partial charge is 0.253 e. The van der Waals surface area contributed by atoms with Gasteiger partial charge in [-0.2, -0.15) is 0 Å². The molecule has 18 heavy (non-hydrogen) atoms. The van der Waals surface area contributed by atoms with Gasteiger partial charge in [-0.25, -0.2) is 0 Å². The van der Waals surface area contributed by atoms with Gasteiger partial charge in [0.15, 0.2) is 0 Å². The summed E-state index contributed by atoms with van der Waals surface area (Å²) in [5.41, 5.74) is 1.56. The van der Waals surface area contributed by atoms with Crippen molar-refractivity contribution in [3.63, 3.8) is 0 Å². The first kappa shape index (κ1) is 14.5. The van der Waals surface area contributed by atoms with Gasteiger partial charge in [0.1, 0.15) is 0 Å². The zero-order valence-corrected chi connectivity index (χ0v) is 11.3. The van der Waals surface area contributed by atoms with Crippen LogP contribution in [0, 0.1) is 0 Å². The number of rotatable bonds is 7. The summed E-state index contributed by atoms with van der Waals surface area (Å²) >= 11 is 0. The van der Waals surface area contributed by atoms with Crippen LogP contribution in [-0.4, -0.2) is 32.2 Å². The topological polar surface area (TPSA) is 50.4 Å². The summed E-state index contributed by atoms with van der Waals surface area (Å²) in [4.78, 5) is 12.0. The molecule has 1 amide bonds. The Hall–Kier alpha value is -1.55. The van der Waals surface area contributed by atoms with Crippen LogP contribution in [-0.2, 0) is 4.74 Å². The van der Waals surface area contributed by atoms with Crippen molar-refractivity contribution in [2.24, 2.45) is 0 Å². The highest BCUT2D eigenvalue weighted by Crippen LogP contribution is 2.15. The number of hydrogen-bond donors (Lipinski definition) is 2. The molecule has 1 aromatic carbocycles. The van der Waals surface area contributed by atoms with Gasteiger partial charge in [-0.15, -0.1) is 0 Å². The van der Waals surface area contributed by atoms with Crippen molar-refractivity contribution in [3.05, 3.63) is 29.8 Å². The second-order valence-corrected chi connectivity index (χ2v) is 4.45. The summed E-state index contributed by atoms with van der Waals surface area (Å²) in [6.07, 6.45) is 0.821. The van der Waals surface area contributed by atoms with Crippen LogP contribution < -0.4 is 10.6 Å². The molecule has 1 aromatic rings. The van der Waals surface area contributed by atoms with Crippen LogP contribution in [0.2, 0.25) is 0 Å². The molecule has 0 aliphatic rings. The summed E-state index contributed by atoms with van der Waals surface area (Å²) in [7, 11) is 1.66. The molecule has 0 atom stereocenters. The van der Waals surface area contributed by atoms with Gasteiger partial charge in [0.05, 0.1) is 5.56 Å². The Bertz CT molecular complexity index is 378. The summed E-state index contributed by atoms with van der Waals surface area (Å²) in [5, 5.41) is 6.16. The molecule has 0 heterocycles. The minimum absolute atomic E-state index is 0.0464. The third-order valence-corrected chi connectivity index (χ3v) is 2.43. The predicted molar refractivity (Wildman–Crippen MR) is 74.0 cm³/mol. The van der Waals surface area contributed by atoms with Crippen molar-refractivity contribution in [2.45, 2.75) is 26.3 Å². The average molecular weight is 250 g/mol. The monoisotopic (exact) mass is 250 g/mol. The molecule has 0 fully saturated rings. The summed E-state index contributed by atoms with van der Waals surface area (Å²) < 4.78 is 4.94. The van der Waals surface area contributed by atoms with Crippen LogP contribution in [0.15, 0.2) is 24.3 Å². The van der Waals surface area contributed by atoms with E-state index >= 15 is 0 Å². The summed E-state index contributed by atoms with van der Waals surface area (Å²) in [6, 6.07) is 7.84. The molecule has 0 spiro atoms. The van der Waals surface area contributed by atoms with E-state index in [4.69, 9.17) is 4.74 Å². The quantitative estimate of drug-likeness (QED) is 0.730. The highest BCUT2D eigenvalue weighted by atomic mass is 16.5. The normalized spacial score (nSPS) is 10.4. The fourth-order valence-corrected chi connectivity index (χ4v) is 1.63. The number of ether oxygens (including phenoxy) is 1. The van der Waals surface area contributed by atoms with E-state index in [1.54, 1.807) is 7.11 Å². The molecular formula is C14H22N2O2. The molecule has 1 rings (SSSR count). The lowest BCUT2D eigenvalue weighted by molar-refractivity contribution is 0.0949. The Morgan fingerprint density at radius 1 is 1.33 bits per heavy atom. The van der Waals surface area contributed by atoms with E-state index in [9.17, 15) is 4.79 Å². The van der Waals surface area contributed by atoms with Crippen molar-refractivity contribution in [3.8, 4) is 0 Å². The molecule has 0 aliphatic heterocycles. The number of nitrogens with one attached hydrogen (secondary N) is 2. The Kier molecular flexibility index (Phi) is 6.22. The van der Waals surface area contributed by atoms with Gasteiger partial charge in [-0.05, 0) is 32.4 Å². The maximum Gasteiger partial charge on any atom is 0.253 e. The average Bonchev–Trinajstić information content (AvgIpc) is 2.34. The SMILES string of the molecule is COCCCNC(=O)c1ccccc1NC(C)C. The van der Waals surface area contributed by atoms with Crippen LogP contribution >= 0.6 is 0 Å². The van der Waals surface area contributed by atoms with E-state index in [0.717, 1.165) is 12.1 Å². The van der Waals surface area contributed by atoms with Crippen molar-refractivity contribution >= 4 is 11.6 Å².